The van der Waals surface area contributed by atoms with Crippen molar-refractivity contribution in [3.8, 4) is 5.75 Å². The Kier molecular flexibility index (Phi) is 3.25. The lowest BCUT2D eigenvalue weighted by molar-refractivity contribution is 0.288. The van der Waals surface area contributed by atoms with E-state index in [9.17, 15) is 0 Å². The van der Waals surface area contributed by atoms with Gasteiger partial charge in [0.05, 0.1) is 0 Å². The van der Waals surface area contributed by atoms with Crippen LogP contribution < -0.4 is 10.5 Å². The lowest BCUT2D eigenvalue weighted by atomic mass is 10.2. The molecule has 2 N–H and O–H groups in total. The molecule has 1 aromatic rings. The van der Waals surface area contributed by atoms with E-state index < -0.39 is 0 Å². The molecule has 0 saturated carbocycles. The van der Waals surface area contributed by atoms with Crippen LogP contribution in [-0.4, -0.2) is 11.1 Å². The van der Waals surface area contributed by atoms with Crippen molar-refractivity contribution in [1.29, 1.82) is 0 Å². The number of benzene rings is 1. The summed E-state index contributed by atoms with van der Waals surface area (Å²) < 4.78 is 5.49. The second-order valence-electron chi connectivity index (χ2n) is 2.98. The summed E-state index contributed by atoms with van der Waals surface area (Å²) in [7, 11) is 0. The number of nitrogens with two attached hydrogens (primary N) is 1. The molecule has 1 atom stereocenters. The zero-order valence-corrected chi connectivity index (χ0v) is 8.60. The molecule has 0 aliphatic carbocycles. The van der Waals surface area contributed by atoms with Crippen LogP contribution in [0.25, 0.3) is 0 Å². The van der Waals surface area contributed by atoms with E-state index in [1.165, 1.54) is 0 Å². The van der Waals surface area contributed by atoms with Gasteiger partial charge in [0.2, 0.25) is 0 Å². The molecule has 0 aliphatic heterocycles. The molecule has 0 amide bonds. The molecule has 0 aliphatic rings. The second-order valence-corrected chi connectivity index (χ2v) is 3.45. The molecule has 1 unspecified atom stereocenters. The van der Waals surface area contributed by atoms with Crippen LogP contribution in [0.15, 0.2) is 24.3 Å². The Morgan fingerprint density at radius 1 is 1.54 bits per heavy atom. The number of ether oxygens (including phenoxy) is 1. The zero-order valence-electron chi connectivity index (χ0n) is 7.78. The fraction of sp³-hybridized carbons (Fsp3) is 0.300. The highest BCUT2D eigenvalue weighted by atomic mass is 32.1. The summed E-state index contributed by atoms with van der Waals surface area (Å²) in [6.45, 7) is 3.85. The molecule has 0 aromatic heterocycles. The molecule has 0 radical (unpaired) electrons. The number of hydrogen-bond acceptors (Lipinski definition) is 2. The molecule has 0 bridgehead atoms. The highest BCUT2D eigenvalue weighted by Crippen LogP contribution is 2.13. The van der Waals surface area contributed by atoms with E-state index in [0.29, 0.717) is 4.99 Å². The molecule has 13 heavy (non-hydrogen) atoms. The van der Waals surface area contributed by atoms with E-state index in [1.807, 2.05) is 38.1 Å². The van der Waals surface area contributed by atoms with Gasteiger partial charge in [0.1, 0.15) is 16.8 Å². The minimum atomic E-state index is -0.211. The SMILES string of the molecule is Cc1cccc(OC(C)C(N)=S)c1. The highest BCUT2D eigenvalue weighted by molar-refractivity contribution is 7.80. The van der Waals surface area contributed by atoms with Crippen molar-refractivity contribution in [1.82, 2.24) is 0 Å². The number of hydrogen-bond donors (Lipinski definition) is 1. The Morgan fingerprint density at radius 2 is 2.23 bits per heavy atom. The van der Waals surface area contributed by atoms with Crippen LogP contribution in [-0.2, 0) is 0 Å². The maximum absolute atomic E-state index is 5.49. The summed E-state index contributed by atoms with van der Waals surface area (Å²) in [5, 5.41) is 0. The Bertz CT molecular complexity index is 312. The molecular formula is C10H13NOS. The van der Waals surface area contributed by atoms with Crippen molar-refractivity contribution in [3.63, 3.8) is 0 Å². The normalized spacial score (nSPS) is 12.2. The van der Waals surface area contributed by atoms with Crippen LogP contribution in [0.1, 0.15) is 12.5 Å². The lowest BCUT2D eigenvalue weighted by Gasteiger charge is -2.12. The molecule has 0 fully saturated rings. The zero-order chi connectivity index (χ0) is 9.84. The van der Waals surface area contributed by atoms with Gasteiger partial charge in [-0.3, -0.25) is 0 Å². The summed E-state index contributed by atoms with van der Waals surface area (Å²) in [5.41, 5.74) is 6.59. The smallest absolute Gasteiger partial charge is 0.145 e. The van der Waals surface area contributed by atoms with Crippen LogP contribution in [0.2, 0.25) is 0 Å². The predicted octanol–water partition coefficient (Wildman–Crippen LogP) is 2.05. The van der Waals surface area contributed by atoms with Gasteiger partial charge in [0.15, 0.2) is 0 Å². The third kappa shape index (κ3) is 3.03. The van der Waals surface area contributed by atoms with Crippen LogP contribution >= 0.6 is 12.2 Å². The Morgan fingerprint density at radius 3 is 2.77 bits per heavy atom. The first-order chi connectivity index (χ1) is 6.09. The van der Waals surface area contributed by atoms with Crippen LogP contribution in [0, 0.1) is 6.92 Å². The van der Waals surface area contributed by atoms with Crippen LogP contribution in [0.5, 0.6) is 5.75 Å². The van der Waals surface area contributed by atoms with E-state index in [1.54, 1.807) is 0 Å². The van der Waals surface area contributed by atoms with Gasteiger partial charge in [-0.2, -0.15) is 0 Å². The monoisotopic (exact) mass is 195 g/mol. The summed E-state index contributed by atoms with van der Waals surface area (Å²) in [5.74, 6) is 0.806. The average Bonchev–Trinajstić information content (AvgIpc) is 2.04. The fourth-order valence-electron chi connectivity index (χ4n) is 0.951. The van der Waals surface area contributed by atoms with Crippen molar-refractivity contribution in [2.75, 3.05) is 0 Å². The second kappa shape index (κ2) is 4.23. The maximum Gasteiger partial charge on any atom is 0.145 e. The molecule has 0 saturated heterocycles. The van der Waals surface area contributed by atoms with E-state index in [0.717, 1.165) is 11.3 Å². The standard InChI is InChI=1S/C10H13NOS/c1-7-4-3-5-9(6-7)12-8(2)10(11)13/h3-6,8H,1-2H3,(H2,11,13). The van der Waals surface area contributed by atoms with Gasteiger partial charge in [-0.05, 0) is 31.5 Å². The first kappa shape index (κ1) is 9.99. The molecular weight excluding hydrogens is 182 g/mol. The van der Waals surface area contributed by atoms with Crippen molar-refractivity contribution in [3.05, 3.63) is 29.8 Å². The summed E-state index contributed by atoms with van der Waals surface area (Å²) in [6, 6.07) is 7.80. The Labute approximate surface area is 83.7 Å². The van der Waals surface area contributed by atoms with E-state index in [4.69, 9.17) is 22.7 Å². The molecule has 1 aromatic carbocycles. The first-order valence-corrected chi connectivity index (χ1v) is 4.53. The fourth-order valence-corrected chi connectivity index (χ4v) is 0.999. The molecule has 0 heterocycles. The van der Waals surface area contributed by atoms with Crippen molar-refractivity contribution >= 4 is 17.2 Å². The van der Waals surface area contributed by atoms with E-state index >= 15 is 0 Å². The average molecular weight is 195 g/mol. The van der Waals surface area contributed by atoms with Gasteiger partial charge < -0.3 is 10.5 Å². The minimum absolute atomic E-state index is 0.211. The predicted molar refractivity (Wildman–Crippen MR) is 58.1 cm³/mol. The Balaban J connectivity index is 2.69. The number of rotatable bonds is 3. The van der Waals surface area contributed by atoms with E-state index in [-0.39, 0.29) is 6.10 Å². The molecule has 3 heteroatoms. The highest BCUT2D eigenvalue weighted by Gasteiger charge is 2.05. The van der Waals surface area contributed by atoms with Gasteiger partial charge in [0.25, 0.3) is 0 Å². The van der Waals surface area contributed by atoms with Crippen LogP contribution in [0.3, 0.4) is 0 Å². The van der Waals surface area contributed by atoms with Crippen molar-refractivity contribution in [2.45, 2.75) is 20.0 Å². The Hall–Kier alpha value is -1.09. The van der Waals surface area contributed by atoms with E-state index in [2.05, 4.69) is 0 Å². The van der Waals surface area contributed by atoms with Gasteiger partial charge in [-0.15, -0.1) is 0 Å². The summed E-state index contributed by atoms with van der Waals surface area (Å²) in [6.07, 6.45) is -0.211. The van der Waals surface area contributed by atoms with Crippen molar-refractivity contribution < 1.29 is 4.74 Å². The third-order valence-electron chi connectivity index (χ3n) is 1.70. The third-order valence-corrected chi connectivity index (χ3v) is 2.03. The molecule has 1 rings (SSSR count). The molecule has 0 spiro atoms. The summed E-state index contributed by atoms with van der Waals surface area (Å²) in [4.78, 5) is 0.376. The molecule has 70 valence electrons. The maximum atomic E-state index is 5.49. The van der Waals surface area contributed by atoms with Gasteiger partial charge in [-0.25, -0.2) is 0 Å². The van der Waals surface area contributed by atoms with Gasteiger partial charge >= 0.3 is 0 Å². The summed E-state index contributed by atoms with van der Waals surface area (Å²) >= 11 is 4.80. The number of aryl methyl sites for hydroxylation is 1. The van der Waals surface area contributed by atoms with Crippen LogP contribution in [0.4, 0.5) is 0 Å². The minimum Gasteiger partial charge on any atom is -0.484 e. The van der Waals surface area contributed by atoms with Gasteiger partial charge in [-0.1, -0.05) is 24.4 Å². The number of thiocarbonyl (C=S) groups is 1. The quantitative estimate of drug-likeness (QED) is 0.750. The van der Waals surface area contributed by atoms with Gasteiger partial charge in [0, 0.05) is 0 Å². The first-order valence-electron chi connectivity index (χ1n) is 4.12. The molecule has 2 nitrogen and oxygen atoms in total. The topological polar surface area (TPSA) is 35.2 Å². The lowest BCUT2D eigenvalue weighted by Crippen LogP contribution is -2.28. The van der Waals surface area contributed by atoms with Crippen molar-refractivity contribution in [2.24, 2.45) is 5.73 Å². The largest absolute Gasteiger partial charge is 0.484 e.